The molecule has 0 radical (unpaired) electrons. The highest BCUT2D eigenvalue weighted by atomic mass is 16.7. The van der Waals surface area contributed by atoms with Crippen molar-refractivity contribution in [2.75, 3.05) is 13.2 Å². The van der Waals surface area contributed by atoms with Crippen LogP contribution in [0.15, 0.2) is 60.3 Å². The Morgan fingerprint density at radius 3 is 2.32 bits per heavy atom. The van der Waals surface area contributed by atoms with E-state index >= 15 is 0 Å². The number of hydrogen-bond donors (Lipinski definition) is 1. The van der Waals surface area contributed by atoms with Crippen LogP contribution in [0, 0.1) is 0 Å². The summed E-state index contributed by atoms with van der Waals surface area (Å²) >= 11 is 0. The lowest BCUT2D eigenvalue weighted by atomic mass is 9.98. The third kappa shape index (κ3) is 2.09. The van der Waals surface area contributed by atoms with E-state index in [0.717, 1.165) is 0 Å². The molecule has 2 aromatic carbocycles. The van der Waals surface area contributed by atoms with Crippen molar-refractivity contribution in [2.24, 2.45) is 0 Å². The Hall–Kier alpha value is -2.59. The highest BCUT2D eigenvalue weighted by molar-refractivity contribution is 5.88. The van der Waals surface area contributed by atoms with Crippen molar-refractivity contribution in [1.29, 1.82) is 0 Å². The van der Waals surface area contributed by atoms with Crippen LogP contribution in [-0.2, 0) is 14.4 Å². The van der Waals surface area contributed by atoms with Gasteiger partial charge in [-0.1, -0.05) is 48.5 Å². The topological polar surface area (TPSA) is 47.6 Å². The number of carbonyl (C=O) groups excluding carboxylic acids is 1. The fourth-order valence-electron chi connectivity index (χ4n) is 3.09. The Balaban J connectivity index is 1.60. The Morgan fingerprint density at radius 2 is 1.73 bits per heavy atom. The van der Waals surface area contributed by atoms with Crippen molar-refractivity contribution in [3.63, 3.8) is 0 Å². The first-order valence-corrected chi connectivity index (χ1v) is 7.28. The molecule has 1 aliphatic carbocycles. The predicted molar refractivity (Wildman–Crippen MR) is 81.9 cm³/mol. The second-order valence-corrected chi connectivity index (χ2v) is 5.36. The van der Waals surface area contributed by atoms with Crippen molar-refractivity contribution < 1.29 is 14.4 Å². The molecule has 0 saturated carbocycles. The van der Waals surface area contributed by atoms with E-state index in [0.29, 0.717) is 18.9 Å². The van der Waals surface area contributed by atoms with E-state index in [1.54, 1.807) is 6.08 Å². The molecule has 2 aromatic rings. The van der Waals surface area contributed by atoms with Gasteiger partial charge in [-0.2, -0.15) is 0 Å². The number of esters is 1. The molecule has 0 aromatic heterocycles. The van der Waals surface area contributed by atoms with Gasteiger partial charge < -0.3 is 4.74 Å². The number of fused-ring (bicyclic) bond motifs is 3. The lowest BCUT2D eigenvalue weighted by Gasteiger charge is -2.14. The SMILES string of the molecule is O=C(OCC1c2ccccc2-c2ccccc21)C1=CCON1. The van der Waals surface area contributed by atoms with E-state index in [1.807, 2.05) is 24.3 Å². The number of rotatable bonds is 3. The minimum Gasteiger partial charge on any atom is -0.460 e. The van der Waals surface area contributed by atoms with E-state index in [9.17, 15) is 4.79 Å². The Kier molecular flexibility index (Phi) is 3.16. The molecule has 0 amide bonds. The first-order valence-electron chi connectivity index (χ1n) is 7.28. The molecule has 0 unspecified atom stereocenters. The summed E-state index contributed by atoms with van der Waals surface area (Å²) in [6.45, 7) is 0.714. The summed E-state index contributed by atoms with van der Waals surface area (Å²) in [7, 11) is 0. The number of benzene rings is 2. The van der Waals surface area contributed by atoms with Gasteiger partial charge in [0.15, 0.2) is 0 Å². The number of ether oxygens (including phenoxy) is 1. The monoisotopic (exact) mass is 293 g/mol. The van der Waals surface area contributed by atoms with Gasteiger partial charge in [0.25, 0.3) is 0 Å². The minimum absolute atomic E-state index is 0.0827. The zero-order valence-electron chi connectivity index (χ0n) is 11.9. The van der Waals surface area contributed by atoms with Gasteiger partial charge in [-0.3, -0.25) is 10.3 Å². The van der Waals surface area contributed by atoms with Crippen LogP contribution in [-0.4, -0.2) is 19.2 Å². The molecule has 4 heteroatoms. The summed E-state index contributed by atoms with van der Waals surface area (Å²) in [5, 5.41) is 0. The predicted octanol–water partition coefficient (Wildman–Crippen LogP) is 2.76. The highest BCUT2D eigenvalue weighted by Gasteiger charge is 2.29. The van der Waals surface area contributed by atoms with Gasteiger partial charge in [-0.15, -0.1) is 0 Å². The lowest BCUT2D eigenvalue weighted by Crippen LogP contribution is -2.20. The number of hydrogen-bond acceptors (Lipinski definition) is 4. The van der Waals surface area contributed by atoms with Crippen molar-refractivity contribution in [2.45, 2.75) is 5.92 Å². The van der Waals surface area contributed by atoms with E-state index in [2.05, 4.69) is 29.7 Å². The van der Waals surface area contributed by atoms with Gasteiger partial charge in [0, 0.05) is 5.92 Å². The lowest BCUT2D eigenvalue weighted by molar-refractivity contribution is -0.140. The number of nitrogens with one attached hydrogen (secondary N) is 1. The van der Waals surface area contributed by atoms with Crippen molar-refractivity contribution >= 4 is 5.97 Å². The highest BCUT2D eigenvalue weighted by Crippen LogP contribution is 2.44. The molecule has 110 valence electrons. The molecular formula is C18H15NO3. The van der Waals surface area contributed by atoms with Gasteiger partial charge in [0.2, 0.25) is 0 Å². The molecule has 0 spiro atoms. The molecule has 1 N–H and O–H groups in total. The maximum Gasteiger partial charge on any atom is 0.356 e. The van der Waals surface area contributed by atoms with Crippen molar-refractivity contribution in [1.82, 2.24) is 5.48 Å². The summed E-state index contributed by atoms with van der Waals surface area (Å²) < 4.78 is 5.47. The standard InChI is InChI=1S/C18H15NO3/c20-18(17-9-10-22-19-17)21-11-16-14-7-3-1-5-12(14)13-6-2-4-8-15(13)16/h1-9,16,19H,10-11H2. The van der Waals surface area contributed by atoms with Gasteiger partial charge in [-0.25, -0.2) is 4.79 Å². The average Bonchev–Trinajstić information content (AvgIpc) is 3.20. The van der Waals surface area contributed by atoms with Crippen LogP contribution in [0.2, 0.25) is 0 Å². The summed E-state index contributed by atoms with van der Waals surface area (Å²) in [6.07, 6.45) is 1.68. The minimum atomic E-state index is -0.376. The van der Waals surface area contributed by atoms with Crippen LogP contribution in [0.5, 0.6) is 0 Å². The molecular weight excluding hydrogens is 278 g/mol. The van der Waals surface area contributed by atoms with E-state index in [4.69, 9.17) is 9.57 Å². The zero-order chi connectivity index (χ0) is 14.9. The third-order valence-corrected chi connectivity index (χ3v) is 4.12. The zero-order valence-corrected chi connectivity index (χ0v) is 11.9. The summed E-state index contributed by atoms with van der Waals surface area (Å²) in [5.74, 6) is -0.293. The normalized spacial score (nSPS) is 15.7. The molecule has 22 heavy (non-hydrogen) atoms. The first-order chi connectivity index (χ1) is 10.8. The van der Waals surface area contributed by atoms with Crippen LogP contribution in [0.25, 0.3) is 11.1 Å². The molecule has 4 nitrogen and oxygen atoms in total. The second-order valence-electron chi connectivity index (χ2n) is 5.36. The smallest absolute Gasteiger partial charge is 0.356 e. The molecule has 0 fully saturated rings. The third-order valence-electron chi connectivity index (χ3n) is 4.12. The Labute approximate surface area is 128 Å². The average molecular weight is 293 g/mol. The molecule has 1 heterocycles. The quantitative estimate of drug-likeness (QED) is 0.884. The van der Waals surface area contributed by atoms with E-state index in [1.165, 1.54) is 22.3 Å². The molecule has 0 atom stereocenters. The van der Waals surface area contributed by atoms with E-state index in [-0.39, 0.29) is 11.9 Å². The maximum absolute atomic E-state index is 12.0. The fraction of sp³-hybridized carbons (Fsp3) is 0.167. The number of hydroxylamine groups is 1. The van der Waals surface area contributed by atoms with Gasteiger partial charge >= 0.3 is 5.97 Å². The van der Waals surface area contributed by atoms with Crippen LogP contribution in [0.1, 0.15) is 17.0 Å². The van der Waals surface area contributed by atoms with Crippen molar-refractivity contribution in [3.05, 3.63) is 71.4 Å². The summed E-state index contributed by atoms with van der Waals surface area (Å²) in [4.78, 5) is 16.9. The maximum atomic E-state index is 12.0. The fourth-order valence-corrected chi connectivity index (χ4v) is 3.09. The van der Waals surface area contributed by atoms with Gasteiger partial charge in [0.05, 0.1) is 6.61 Å². The largest absolute Gasteiger partial charge is 0.460 e. The van der Waals surface area contributed by atoms with Gasteiger partial charge in [-0.05, 0) is 28.3 Å². The van der Waals surface area contributed by atoms with Crippen LogP contribution in [0.4, 0.5) is 0 Å². The van der Waals surface area contributed by atoms with Crippen LogP contribution in [0.3, 0.4) is 0 Å². The molecule has 2 aliphatic rings. The van der Waals surface area contributed by atoms with Crippen molar-refractivity contribution in [3.8, 4) is 11.1 Å². The van der Waals surface area contributed by atoms with E-state index < -0.39 is 0 Å². The molecule has 4 rings (SSSR count). The Bertz CT molecular complexity index is 721. The summed E-state index contributed by atoms with van der Waals surface area (Å²) in [5.41, 5.74) is 7.80. The number of carbonyl (C=O) groups is 1. The Morgan fingerprint density at radius 1 is 1.09 bits per heavy atom. The van der Waals surface area contributed by atoms with Crippen LogP contribution < -0.4 is 5.48 Å². The summed E-state index contributed by atoms with van der Waals surface area (Å²) in [6, 6.07) is 16.6. The second kappa shape index (κ2) is 5.31. The molecule has 0 saturated heterocycles. The molecule has 1 aliphatic heterocycles. The van der Waals surface area contributed by atoms with Gasteiger partial charge in [0.1, 0.15) is 12.3 Å². The molecule has 0 bridgehead atoms. The first kappa shape index (κ1) is 13.1. The van der Waals surface area contributed by atoms with Crippen LogP contribution >= 0.6 is 0 Å².